The van der Waals surface area contributed by atoms with Gasteiger partial charge in [-0.15, -0.1) is 0 Å². The van der Waals surface area contributed by atoms with E-state index in [1.54, 1.807) is 30.3 Å². The summed E-state index contributed by atoms with van der Waals surface area (Å²) < 4.78 is 0. The third kappa shape index (κ3) is 2.68. The van der Waals surface area contributed by atoms with E-state index in [-0.39, 0.29) is 11.0 Å². The van der Waals surface area contributed by atoms with Crippen LogP contribution < -0.4 is 5.46 Å². The maximum Gasteiger partial charge on any atom is 0.489 e. The Balaban J connectivity index is 3.23. The van der Waals surface area contributed by atoms with Crippen LogP contribution in [0.3, 0.4) is 0 Å². The summed E-state index contributed by atoms with van der Waals surface area (Å²) in [4.78, 5) is 0. The highest BCUT2D eigenvalue weighted by Crippen LogP contribution is 2.04. The van der Waals surface area contributed by atoms with Crippen LogP contribution in [0.1, 0.15) is 5.56 Å². The van der Waals surface area contributed by atoms with E-state index in [1.165, 1.54) is 12.1 Å². The zero-order valence-corrected chi connectivity index (χ0v) is 7.75. The number of nitrogens with zero attached hydrogens (tertiary/aromatic N) is 2. The highest BCUT2D eigenvalue weighted by atomic mass is 16.4. The van der Waals surface area contributed by atoms with Crippen LogP contribution in [0.25, 0.3) is 6.08 Å². The lowest BCUT2D eigenvalue weighted by molar-refractivity contribution is 0.425. The van der Waals surface area contributed by atoms with Crippen molar-refractivity contribution in [3.05, 3.63) is 35.4 Å². The van der Waals surface area contributed by atoms with Crippen molar-refractivity contribution in [2.45, 2.75) is 0 Å². The molecule has 4 nitrogen and oxygen atoms in total. The highest BCUT2D eigenvalue weighted by molar-refractivity contribution is 6.59. The summed E-state index contributed by atoms with van der Waals surface area (Å²) in [5, 5.41) is 35.1. The quantitative estimate of drug-likeness (QED) is 0.508. The molecule has 1 aromatic carbocycles. The molecular weight excluding hydrogens is 191 g/mol. The summed E-state index contributed by atoms with van der Waals surface area (Å²) in [6.07, 6.45) is 1.31. The third-order valence-corrected chi connectivity index (χ3v) is 1.81. The molecule has 0 aliphatic carbocycles. The van der Waals surface area contributed by atoms with Gasteiger partial charge in [0.2, 0.25) is 0 Å². The molecule has 0 radical (unpaired) electrons. The average Bonchev–Trinajstić information content (AvgIpc) is 2.26. The number of hydrogen-bond acceptors (Lipinski definition) is 4. The lowest BCUT2D eigenvalue weighted by Crippen LogP contribution is -2.31. The zero-order valence-electron chi connectivity index (χ0n) is 7.75. The summed E-state index contributed by atoms with van der Waals surface area (Å²) in [5.74, 6) is 0. The van der Waals surface area contributed by atoms with Gasteiger partial charge in [0.15, 0.2) is 0 Å². The van der Waals surface area contributed by atoms with Gasteiger partial charge in [-0.2, -0.15) is 10.5 Å². The molecule has 72 valence electrons. The molecule has 5 heteroatoms. The van der Waals surface area contributed by atoms with E-state index >= 15 is 0 Å². The van der Waals surface area contributed by atoms with Gasteiger partial charge >= 0.3 is 7.12 Å². The Hall–Kier alpha value is -2.08. The predicted octanol–water partition coefficient (Wildman–Crippen LogP) is -0.203. The van der Waals surface area contributed by atoms with Gasteiger partial charge in [-0.05, 0) is 17.1 Å². The number of hydrogen-bond donors (Lipinski definition) is 2. The van der Waals surface area contributed by atoms with Gasteiger partial charge in [0.25, 0.3) is 0 Å². The van der Waals surface area contributed by atoms with Crippen LogP contribution in [0.2, 0.25) is 0 Å². The van der Waals surface area contributed by atoms with Gasteiger partial charge in [0, 0.05) is 0 Å². The zero-order chi connectivity index (χ0) is 11.3. The normalized spacial score (nSPS) is 8.53. The second-order valence-electron chi connectivity index (χ2n) is 2.78. The second-order valence-corrected chi connectivity index (χ2v) is 2.78. The van der Waals surface area contributed by atoms with E-state index in [2.05, 4.69) is 0 Å². The van der Waals surface area contributed by atoms with Gasteiger partial charge in [-0.1, -0.05) is 24.3 Å². The standard InChI is InChI=1S/C10H7BN2O2/c12-6-8(7-13)5-9-3-1-2-4-10(9)11(14)15/h1-5,14-15H. The molecule has 0 amide bonds. The van der Waals surface area contributed by atoms with Crippen molar-refractivity contribution >= 4 is 18.7 Å². The second kappa shape index (κ2) is 4.97. The van der Waals surface area contributed by atoms with Crippen LogP contribution in [0.15, 0.2) is 29.8 Å². The smallest absolute Gasteiger partial charge is 0.423 e. The van der Waals surface area contributed by atoms with Crippen molar-refractivity contribution in [2.24, 2.45) is 0 Å². The maximum absolute atomic E-state index is 9.02. The summed E-state index contributed by atoms with van der Waals surface area (Å²) in [5.41, 5.74) is 0.634. The lowest BCUT2D eigenvalue weighted by atomic mass is 9.77. The molecule has 0 heterocycles. The summed E-state index contributed by atoms with van der Waals surface area (Å²) in [7, 11) is -1.61. The molecule has 0 unspecified atom stereocenters. The molecule has 0 aliphatic rings. The minimum atomic E-state index is -1.61. The van der Waals surface area contributed by atoms with Crippen molar-refractivity contribution in [1.29, 1.82) is 10.5 Å². The first kappa shape index (κ1) is 11.0. The molecule has 0 bridgehead atoms. The van der Waals surface area contributed by atoms with Gasteiger partial charge in [0.05, 0.1) is 0 Å². The van der Waals surface area contributed by atoms with Crippen LogP contribution >= 0.6 is 0 Å². The Morgan fingerprint density at radius 2 is 1.80 bits per heavy atom. The van der Waals surface area contributed by atoms with Crippen LogP contribution in [0, 0.1) is 22.7 Å². The summed E-state index contributed by atoms with van der Waals surface area (Å²) >= 11 is 0. The van der Waals surface area contributed by atoms with E-state index in [0.717, 1.165) is 0 Å². The van der Waals surface area contributed by atoms with Crippen molar-refractivity contribution in [1.82, 2.24) is 0 Å². The monoisotopic (exact) mass is 198 g/mol. The maximum atomic E-state index is 9.02. The molecule has 1 rings (SSSR count). The number of benzene rings is 1. The van der Waals surface area contributed by atoms with Gasteiger partial charge in [0.1, 0.15) is 17.7 Å². The van der Waals surface area contributed by atoms with E-state index in [1.807, 2.05) is 0 Å². The molecule has 15 heavy (non-hydrogen) atoms. The Bertz CT molecular complexity index is 453. The molecule has 0 saturated carbocycles. The fourth-order valence-electron chi connectivity index (χ4n) is 1.12. The number of allylic oxidation sites excluding steroid dienone is 1. The molecule has 0 atom stereocenters. The Kier molecular flexibility index (Phi) is 3.64. The van der Waals surface area contributed by atoms with E-state index in [4.69, 9.17) is 20.6 Å². The van der Waals surface area contributed by atoms with Crippen LogP contribution in [0.4, 0.5) is 0 Å². The van der Waals surface area contributed by atoms with Crippen molar-refractivity contribution in [3.8, 4) is 12.1 Å². The average molecular weight is 198 g/mol. The minimum Gasteiger partial charge on any atom is -0.423 e. The van der Waals surface area contributed by atoms with E-state index < -0.39 is 7.12 Å². The Morgan fingerprint density at radius 1 is 1.20 bits per heavy atom. The fourth-order valence-corrected chi connectivity index (χ4v) is 1.12. The SMILES string of the molecule is N#CC(C#N)=Cc1ccccc1B(O)O. The fraction of sp³-hybridized carbons (Fsp3) is 0. The van der Waals surface area contributed by atoms with Crippen molar-refractivity contribution < 1.29 is 10.0 Å². The van der Waals surface area contributed by atoms with Crippen LogP contribution in [-0.4, -0.2) is 17.2 Å². The molecule has 0 aromatic heterocycles. The van der Waals surface area contributed by atoms with Crippen molar-refractivity contribution in [3.63, 3.8) is 0 Å². The van der Waals surface area contributed by atoms with E-state index in [0.29, 0.717) is 5.56 Å². The topological polar surface area (TPSA) is 88.0 Å². The molecule has 0 aliphatic heterocycles. The summed E-state index contributed by atoms with van der Waals surface area (Å²) in [6, 6.07) is 9.85. The first-order chi connectivity index (χ1) is 7.19. The first-order valence-corrected chi connectivity index (χ1v) is 4.16. The van der Waals surface area contributed by atoms with Crippen molar-refractivity contribution in [2.75, 3.05) is 0 Å². The molecular formula is C10H7BN2O2. The van der Waals surface area contributed by atoms with E-state index in [9.17, 15) is 0 Å². The highest BCUT2D eigenvalue weighted by Gasteiger charge is 2.14. The number of nitriles is 2. The first-order valence-electron chi connectivity index (χ1n) is 4.16. The van der Waals surface area contributed by atoms with Gasteiger partial charge < -0.3 is 10.0 Å². The molecule has 2 N–H and O–H groups in total. The number of rotatable bonds is 2. The van der Waals surface area contributed by atoms with Gasteiger partial charge in [-0.3, -0.25) is 0 Å². The molecule has 0 fully saturated rings. The minimum absolute atomic E-state index is 0.0805. The Labute approximate surface area is 87.5 Å². The van der Waals surface area contributed by atoms with Crippen LogP contribution in [0.5, 0.6) is 0 Å². The molecule has 0 spiro atoms. The lowest BCUT2D eigenvalue weighted by Gasteiger charge is -2.03. The predicted molar refractivity (Wildman–Crippen MR) is 55.5 cm³/mol. The third-order valence-electron chi connectivity index (χ3n) is 1.81. The van der Waals surface area contributed by atoms with Gasteiger partial charge in [-0.25, -0.2) is 0 Å². The largest absolute Gasteiger partial charge is 0.489 e. The van der Waals surface area contributed by atoms with Crippen LogP contribution in [-0.2, 0) is 0 Å². The summed E-state index contributed by atoms with van der Waals surface area (Å²) in [6.45, 7) is 0. The Morgan fingerprint density at radius 3 is 2.33 bits per heavy atom. The molecule has 0 saturated heterocycles. The molecule has 1 aromatic rings.